The highest BCUT2D eigenvalue weighted by Gasteiger charge is 2.25. The van der Waals surface area contributed by atoms with Crippen molar-refractivity contribution in [2.75, 3.05) is 20.2 Å². The molecule has 1 saturated heterocycles. The third kappa shape index (κ3) is 4.37. The van der Waals surface area contributed by atoms with Crippen LogP contribution in [0.1, 0.15) is 19.3 Å². The molecule has 1 heterocycles. The van der Waals surface area contributed by atoms with Gasteiger partial charge in [0, 0.05) is 20.2 Å². The molecule has 0 radical (unpaired) electrons. The van der Waals surface area contributed by atoms with Gasteiger partial charge in [-0.25, -0.2) is 4.79 Å². The second-order valence-electron chi connectivity index (χ2n) is 4.33. The number of hydrogen-bond acceptors (Lipinski definition) is 3. The number of carbonyl (C=O) groups is 2. The van der Waals surface area contributed by atoms with Crippen LogP contribution < -0.4 is 5.32 Å². The molecule has 0 bridgehead atoms. The summed E-state index contributed by atoms with van der Waals surface area (Å²) in [6, 6.07) is -0.366. The van der Waals surface area contributed by atoms with Gasteiger partial charge in [-0.1, -0.05) is 6.08 Å². The number of carboxylic acid groups (broad SMARTS) is 1. The summed E-state index contributed by atoms with van der Waals surface area (Å²) in [5.74, 6) is -0.917. The van der Waals surface area contributed by atoms with Crippen LogP contribution in [0.15, 0.2) is 12.7 Å². The molecular formula is C12H20N2O4. The van der Waals surface area contributed by atoms with Gasteiger partial charge in [-0.3, -0.25) is 4.79 Å². The van der Waals surface area contributed by atoms with Crippen LogP contribution >= 0.6 is 0 Å². The molecule has 0 aromatic carbocycles. The SMILES string of the molecule is C=C[C@@H]1OCCC[C@H]1NC(=O)N(C)CCC(=O)O. The number of amides is 2. The van der Waals surface area contributed by atoms with Gasteiger partial charge in [-0.15, -0.1) is 6.58 Å². The summed E-state index contributed by atoms with van der Waals surface area (Å²) >= 11 is 0. The molecule has 0 aliphatic carbocycles. The Morgan fingerprint density at radius 3 is 2.94 bits per heavy atom. The average Bonchev–Trinajstić information content (AvgIpc) is 2.36. The summed E-state index contributed by atoms with van der Waals surface area (Å²) in [5.41, 5.74) is 0. The molecule has 6 heteroatoms. The number of hydrogen-bond donors (Lipinski definition) is 2. The standard InChI is InChI=1S/C12H20N2O4/c1-3-10-9(5-4-8-18-10)13-12(17)14(2)7-6-11(15)16/h3,9-10H,1,4-8H2,2H3,(H,13,17)(H,15,16)/t9-,10+/m1/s1. The van der Waals surface area contributed by atoms with Crippen molar-refractivity contribution in [1.29, 1.82) is 0 Å². The third-order valence-electron chi connectivity index (χ3n) is 2.92. The molecule has 1 rings (SSSR count). The predicted octanol–water partition coefficient (Wildman–Crippen LogP) is 0.836. The molecule has 1 aliphatic rings. The van der Waals surface area contributed by atoms with Gasteiger partial charge in [0.05, 0.1) is 18.6 Å². The first-order valence-electron chi connectivity index (χ1n) is 6.02. The lowest BCUT2D eigenvalue weighted by Gasteiger charge is -2.31. The predicted molar refractivity (Wildman–Crippen MR) is 66.4 cm³/mol. The molecule has 0 saturated carbocycles. The molecular weight excluding hydrogens is 236 g/mol. The van der Waals surface area contributed by atoms with Crippen molar-refractivity contribution in [2.24, 2.45) is 0 Å². The quantitative estimate of drug-likeness (QED) is 0.714. The minimum absolute atomic E-state index is 0.0596. The number of ether oxygens (including phenoxy) is 1. The van der Waals surface area contributed by atoms with E-state index in [9.17, 15) is 9.59 Å². The van der Waals surface area contributed by atoms with E-state index in [1.165, 1.54) is 4.90 Å². The molecule has 1 aliphatic heterocycles. The fraction of sp³-hybridized carbons (Fsp3) is 0.667. The van der Waals surface area contributed by atoms with Gasteiger partial charge in [-0.2, -0.15) is 0 Å². The van der Waals surface area contributed by atoms with Crippen LogP contribution in [0.5, 0.6) is 0 Å². The van der Waals surface area contributed by atoms with Crippen molar-refractivity contribution in [3.05, 3.63) is 12.7 Å². The lowest BCUT2D eigenvalue weighted by Crippen LogP contribution is -2.50. The highest BCUT2D eigenvalue weighted by molar-refractivity contribution is 5.75. The Hall–Kier alpha value is -1.56. The van der Waals surface area contributed by atoms with E-state index in [2.05, 4.69) is 11.9 Å². The number of carboxylic acids is 1. The Bertz CT molecular complexity index is 319. The van der Waals surface area contributed by atoms with Crippen LogP contribution in [-0.4, -0.2) is 54.4 Å². The van der Waals surface area contributed by atoms with Crippen LogP contribution in [0, 0.1) is 0 Å². The van der Waals surface area contributed by atoms with Crippen LogP contribution in [-0.2, 0) is 9.53 Å². The van der Waals surface area contributed by atoms with E-state index >= 15 is 0 Å². The van der Waals surface area contributed by atoms with E-state index in [1.807, 2.05) is 0 Å². The number of carbonyl (C=O) groups excluding carboxylic acids is 1. The average molecular weight is 256 g/mol. The zero-order chi connectivity index (χ0) is 13.5. The second kappa shape index (κ2) is 7.00. The summed E-state index contributed by atoms with van der Waals surface area (Å²) < 4.78 is 5.47. The maximum atomic E-state index is 11.8. The van der Waals surface area contributed by atoms with E-state index in [4.69, 9.17) is 9.84 Å². The van der Waals surface area contributed by atoms with Crippen molar-refractivity contribution in [2.45, 2.75) is 31.4 Å². The molecule has 0 aromatic heterocycles. The number of rotatable bonds is 5. The lowest BCUT2D eigenvalue weighted by molar-refractivity contribution is -0.137. The maximum Gasteiger partial charge on any atom is 0.317 e. The van der Waals surface area contributed by atoms with Gasteiger partial charge < -0.3 is 20.1 Å². The summed E-state index contributed by atoms with van der Waals surface area (Å²) in [4.78, 5) is 23.6. The molecule has 2 N–H and O–H groups in total. The first-order valence-corrected chi connectivity index (χ1v) is 6.02. The normalized spacial score (nSPS) is 23.2. The van der Waals surface area contributed by atoms with Crippen LogP contribution in [0.3, 0.4) is 0 Å². The first-order chi connectivity index (χ1) is 8.54. The molecule has 102 valence electrons. The highest BCUT2D eigenvalue weighted by Crippen LogP contribution is 2.14. The van der Waals surface area contributed by atoms with Crippen molar-refractivity contribution < 1.29 is 19.4 Å². The fourth-order valence-corrected chi connectivity index (χ4v) is 1.82. The summed E-state index contributed by atoms with van der Waals surface area (Å²) in [5, 5.41) is 11.4. The first kappa shape index (κ1) is 14.5. The van der Waals surface area contributed by atoms with Gasteiger partial charge in [0.15, 0.2) is 0 Å². The molecule has 2 amide bonds. The van der Waals surface area contributed by atoms with Gasteiger partial charge in [0.1, 0.15) is 0 Å². The Kier molecular flexibility index (Phi) is 5.64. The Morgan fingerprint density at radius 2 is 2.33 bits per heavy atom. The smallest absolute Gasteiger partial charge is 0.317 e. The van der Waals surface area contributed by atoms with Gasteiger partial charge >= 0.3 is 12.0 Å². The van der Waals surface area contributed by atoms with Crippen LogP contribution in [0.4, 0.5) is 4.79 Å². The Morgan fingerprint density at radius 1 is 1.61 bits per heavy atom. The Balaban J connectivity index is 2.41. The molecule has 0 spiro atoms. The van der Waals surface area contributed by atoms with Crippen molar-refractivity contribution in [3.8, 4) is 0 Å². The van der Waals surface area contributed by atoms with E-state index in [1.54, 1.807) is 13.1 Å². The zero-order valence-corrected chi connectivity index (χ0v) is 10.6. The highest BCUT2D eigenvalue weighted by atomic mass is 16.5. The molecule has 2 atom stereocenters. The molecule has 18 heavy (non-hydrogen) atoms. The summed E-state index contributed by atoms with van der Waals surface area (Å²) in [6.07, 6.45) is 3.19. The fourth-order valence-electron chi connectivity index (χ4n) is 1.82. The largest absolute Gasteiger partial charge is 0.481 e. The van der Waals surface area contributed by atoms with Crippen LogP contribution in [0.2, 0.25) is 0 Å². The topological polar surface area (TPSA) is 78.9 Å². The van der Waals surface area contributed by atoms with E-state index in [-0.39, 0.29) is 31.1 Å². The van der Waals surface area contributed by atoms with Crippen LogP contribution in [0.25, 0.3) is 0 Å². The van der Waals surface area contributed by atoms with Crippen molar-refractivity contribution >= 4 is 12.0 Å². The minimum atomic E-state index is -0.917. The number of nitrogens with zero attached hydrogens (tertiary/aromatic N) is 1. The molecule has 0 aromatic rings. The number of nitrogens with one attached hydrogen (secondary N) is 1. The third-order valence-corrected chi connectivity index (χ3v) is 2.92. The van der Waals surface area contributed by atoms with Gasteiger partial charge in [-0.05, 0) is 12.8 Å². The summed E-state index contributed by atoms with van der Waals surface area (Å²) in [7, 11) is 1.57. The molecule has 6 nitrogen and oxygen atoms in total. The number of urea groups is 1. The summed E-state index contributed by atoms with van der Waals surface area (Å²) in [6.45, 7) is 4.55. The van der Waals surface area contributed by atoms with Gasteiger partial charge in [0.25, 0.3) is 0 Å². The monoisotopic (exact) mass is 256 g/mol. The van der Waals surface area contributed by atoms with Gasteiger partial charge in [0.2, 0.25) is 0 Å². The van der Waals surface area contributed by atoms with Crippen molar-refractivity contribution in [1.82, 2.24) is 10.2 Å². The zero-order valence-electron chi connectivity index (χ0n) is 10.6. The minimum Gasteiger partial charge on any atom is -0.481 e. The molecule has 1 fully saturated rings. The Labute approximate surface area is 107 Å². The molecule has 0 unspecified atom stereocenters. The second-order valence-corrected chi connectivity index (χ2v) is 4.33. The van der Waals surface area contributed by atoms with E-state index < -0.39 is 5.97 Å². The maximum absolute atomic E-state index is 11.8. The lowest BCUT2D eigenvalue weighted by atomic mass is 10.0. The van der Waals surface area contributed by atoms with Crippen molar-refractivity contribution in [3.63, 3.8) is 0 Å². The van der Waals surface area contributed by atoms with E-state index in [0.717, 1.165) is 12.8 Å². The van der Waals surface area contributed by atoms with E-state index in [0.29, 0.717) is 6.61 Å². The number of aliphatic carboxylic acids is 1.